The fraction of sp³-hybridized carbons (Fsp3) is 0.231. The second-order valence-electron chi connectivity index (χ2n) is 8.50. The van der Waals surface area contributed by atoms with Crippen molar-refractivity contribution in [3.05, 3.63) is 83.4 Å². The van der Waals surface area contributed by atoms with E-state index in [0.717, 1.165) is 11.1 Å². The number of anilines is 2. The van der Waals surface area contributed by atoms with E-state index in [1.807, 2.05) is 6.92 Å². The highest BCUT2D eigenvalue weighted by Crippen LogP contribution is 2.37. The summed E-state index contributed by atoms with van der Waals surface area (Å²) in [6.45, 7) is 2.21. The van der Waals surface area contributed by atoms with Crippen LogP contribution in [0.4, 0.5) is 11.4 Å². The Morgan fingerprint density at radius 2 is 1.74 bits per heavy atom. The average molecular weight is 493 g/mol. The first-order valence-electron chi connectivity index (χ1n) is 11.2. The molecule has 0 saturated heterocycles. The molecule has 0 aromatic heterocycles. The van der Waals surface area contributed by atoms with Gasteiger partial charge in [-0.25, -0.2) is 13.2 Å². The first-order valence-corrected chi connectivity index (χ1v) is 12.6. The van der Waals surface area contributed by atoms with Gasteiger partial charge >= 0.3 is 5.97 Å². The number of sulfonamides is 1. The van der Waals surface area contributed by atoms with Crippen LogP contribution >= 0.6 is 0 Å². The second kappa shape index (κ2) is 8.74. The largest absolute Gasteiger partial charge is 0.475 e. The molecule has 1 amide bonds. The van der Waals surface area contributed by atoms with Crippen LogP contribution < -0.4 is 13.9 Å². The number of hydrogen-bond acceptors (Lipinski definition) is 6. The summed E-state index contributed by atoms with van der Waals surface area (Å²) in [4.78, 5) is 27.4. The monoisotopic (exact) mass is 492 g/mol. The molecule has 0 spiro atoms. The van der Waals surface area contributed by atoms with Crippen molar-refractivity contribution in [3.63, 3.8) is 0 Å². The minimum absolute atomic E-state index is 0.00747. The van der Waals surface area contributed by atoms with Crippen molar-refractivity contribution < 1.29 is 27.5 Å². The topological polar surface area (TPSA) is 93.2 Å². The summed E-state index contributed by atoms with van der Waals surface area (Å²) >= 11 is 0. The summed E-state index contributed by atoms with van der Waals surface area (Å²) in [7, 11) is -2.44. The smallest absolute Gasteiger partial charge is 0.348 e. The molecule has 2 aliphatic heterocycles. The maximum absolute atomic E-state index is 13.5. The van der Waals surface area contributed by atoms with Gasteiger partial charge in [-0.2, -0.15) is 0 Å². The van der Waals surface area contributed by atoms with Crippen molar-refractivity contribution in [2.75, 3.05) is 29.4 Å². The highest BCUT2D eigenvalue weighted by molar-refractivity contribution is 7.92. The average Bonchev–Trinajstić information content (AvgIpc) is 3.31. The van der Waals surface area contributed by atoms with E-state index in [2.05, 4.69) is 0 Å². The third-order valence-electron chi connectivity index (χ3n) is 6.27. The van der Waals surface area contributed by atoms with Gasteiger partial charge in [-0.1, -0.05) is 29.8 Å². The SMILES string of the molecule is COC(=O)[C@@H]1CN(C(=O)c2ccc3c(c2)CCN3S(=O)(=O)c2ccc(C)cc2)c2ccccc2O1. The Morgan fingerprint density at radius 1 is 1.00 bits per heavy atom. The van der Waals surface area contributed by atoms with Crippen molar-refractivity contribution in [1.29, 1.82) is 0 Å². The van der Waals surface area contributed by atoms with Crippen molar-refractivity contribution in [3.8, 4) is 5.75 Å². The van der Waals surface area contributed by atoms with E-state index >= 15 is 0 Å². The van der Waals surface area contributed by atoms with Gasteiger partial charge in [-0.15, -0.1) is 0 Å². The molecule has 0 aliphatic carbocycles. The Labute approximate surface area is 203 Å². The van der Waals surface area contributed by atoms with Gasteiger partial charge in [-0.3, -0.25) is 9.10 Å². The second-order valence-corrected chi connectivity index (χ2v) is 10.4. The van der Waals surface area contributed by atoms with Crippen LogP contribution in [0.3, 0.4) is 0 Å². The van der Waals surface area contributed by atoms with Gasteiger partial charge in [0.05, 0.1) is 29.9 Å². The zero-order valence-electron chi connectivity index (χ0n) is 19.3. The number of esters is 1. The van der Waals surface area contributed by atoms with Crippen LogP contribution in [0, 0.1) is 6.92 Å². The number of benzene rings is 3. The molecule has 3 aromatic carbocycles. The molecule has 0 unspecified atom stereocenters. The summed E-state index contributed by atoms with van der Waals surface area (Å²) in [6.07, 6.45) is -0.449. The maximum Gasteiger partial charge on any atom is 0.348 e. The van der Waals surface area contributed by atoms with Gasteiger partial charge in [0.15, 0.2) is 0 Å². The number of aryl methyl sites for hydroxylation is 1. The van der Waals surface area contributed by atoms with Crippen molar-refractivity contribution in [2.24, 2.45) is 0 Å². The number of methoxy groups -OCH3 is 1. The molecule has 0 N–H and O–H groups in total. The van der Waals surface area contributed by atoms with Crippen LogP contribution in [0.25, 0.3) is 0 Å². The van der Waals surface area contributed by atoms with E-state index in [-0.39, 0.29) is 17.3 Å². The van der Waals surface area contributed by atoms with Crippen LogP contribution in [0.15, 0.2) is 71.6 Å². The van der Waals surface area contributed by atoms with Gasteiger partial charge in [0.1, 0.15) is 5.75 Å². The van der Waals surface area contributed by atoms with Crippen LogP contribution in [-0.2, 0) is 26.0 Å². The summed E-state index contributed by atoms with van der Waals surface area (Å²) in [5, 5.41) is 0. The van der Waals surface area contributed by atoms with Crippen molar-refractivity contribution in [2.45, 2.75) is 24.3 Å². The Kier molecular flexibility index (Phi) is 5.72. The Bertz CT molecular complexity index is 1420. The van der Waals surface area contributed by atoms with Crippen molar-refractivity contribution in [1.82, 2.24) is 0 Å². The van der Waals surface area contributed by atoms with Gasteiger partial charge in [0, 0.05) is 12.1 Å². The lowest BCUT2D eigenvalue weighted by Crippen LogP contribution is -2.47. The quantitative estimate of drug-likeness (QED) is 0.519. The van der Waals surface area contributed by atoms with Crippen molar-refractivity contribution >= 4 is 33.3 Å². The molecule has 35 heavy (non-hydrogen) atoms. The molecule has 8 nitrogen and oxygen atoms in total. The van der Waals surface area contributed by atoms with Gasteiger partial charge in [0.2, 0.25) is 6.10 Å². The maximum atomic E-state index is 13.5. The Hall–Kier alpha value is -3.85. The predicted molar refractivity (Wildman–Crippen MR) is 130 cm³/mol. The van der Waals surface area contributed by atoms with E-state index in [0.29, 0.717) is 35.7 Å². The summed E-state index contributed by atoms with van der Waals surface area (Å²) < 4.78 is 38.4. The number of hydrogen-bond donors (Lipinski definition) is 0. The van der Waals surface area contributed by atoms with E-state index < -0.39 is 22.1 Å². The zero-order valence-corrected chi connectivity index (χ0v) is 20.1. The molecule has 180 valence electrons. The lowest BCUT2D eigenvalue weighted by Gasteiger charge is -2.33. The minimum atomic E-state index is -3.71. The van der Waals surface area contributed by atoms with Gasteiger partial charge in [-0.05, 0) is 61.4 Å². The summed E-state index contributed by atoms with van der Waals surface area (Å²) in [5.74, 6) is -0.459. The Balaban J connectivity index is 1.45. The highest BCUT2D eigenvalue weighted by Gasteiger charge is 2.36. The highest BCUT2D eigenvalue weighted by atomic mass is 32.2. The number of rotatable bonds is 4. The predicted octanol–water partition coefficient (Wildman–Crippen LogP) is 3.33. The molecule has 0 saturated carbocycles. The van der Waals surface area contributed by atoms with Crippen LogP contribution in [0.2, 0.25) is 0 Å². The molecule has 0 radical (unpaired) electrons. The first kappa shape index (κ1) is 22.9. The fourth-order valence-electron chi connectivity index (χ4n) is 4.43. The van der Waals surface area contributed by atoms with E-state index in [4.69, 9.17) is 9.47 Å². The van der Waals surface area contributed by atoms with Crippen LogP contribution in [0.5, 0.6) is 5.75 Å². The van der Waals surface area contributed by atoms with E-state index in [1.165, 1.54) is 16.3 Å². The molecular formula is C26H24N2O6S. The van der Waals surface area contributed by atoms with Gasteiger partial charge < -0.3 is 14.4 Å². The number of nitrogens with zero attached hydrogens (tertiary/aromatic N) is 2. The standard InChI is InChI=1S/C26H24N2O6S/c1-17-7-10-20(11-8-17)35(31,32)28-14-13-18-15-19(9-12-21(18)28)25(29)27-16-24(26(30)33-2)34-23-6-4-3-5-22(23)27/h3-12,15,24H,13-14,16H2,1-2H3/t24-/m0/s1. The molecule has 9 heteroatoms. The Morgan fingerprint density at radius 3 is 2.49 bits per heavy atom. The lowest BCUT2D eigenvalue weighted by molar-refractivity contribution is -0.148. The molecule has 3 aromatic rings. The fourth-order valence-corrected chi connectivity index (χ4v) is 5.93. The minimum Gasteiger partial charge on any atom is -0.475 e. The van der Waals surface area contributed by atoms with E-state index in [9.17, 15) is 18.0 Å². The number of carbonyl (C=O) groups is 2. The summed E-state index contributed by atoms with van der Waals surface area (Å²) in [6, 6.07) is 18.8. The van der Waals surface area contributed by atoms with E-state index in [1.54, 1.807) is 66.7 Å². The molecule has 5 rings (SSSR count). The normalized spacial score (nSPS) is 16.8. The molecule has 2 aliphatic rings. The third kappa shape index (κ3) is 4.01. The first-order chi connectivity index (χ1) is 16.8. The molecule has 1 atom stereocenters. The summed E-state index contributed by atoms with van der Waals surface area (Å²) in [5.41, 5.74) is 3.28. The molecule has 0 fully saturated rings. The number of amides is 1. The van der Waals surface area contributed by atoms with Crippen LogP contribution in [-0.4, -0.2) is 46.6 Å². The lowest BCUT2D eigenvalue weighted by atomic mass is 10.1. The number of fused-ring (bicyclic) bond motifs is 2. The number of carbonyl (C=O) groups excluding carboxylic acids is 2. The number of para-hydroxylation sites is 2. The van der Waals surface area contributed by atoms with Crippen LogP contribution in [0.1, 0.15) is 21.5 Å². The molecule has 2 heterocycles. The molecule has 0 bridgehead atoms. The van der Waals surface area contributed by atoms with Gasteiger partial charge in [0.25, 0.3) is 15.9 Å². The zero-order chi connectivity index (χ0) is 24.7. The third-order valence-corrected chi connectivity index (χ3v) is 8.10. The number of ether oxygens (including phenoxy) is 2. The molecular weight excluding hydrogens is 468 g/mol.